The van der Waals surface area contributed by atoms with Crippen molar-refractivity contribution in [2.75, 3.05) is 5.32 Å². The number of hydrogen-bond acceptors (Lipinski definition) is 4. The van der Waals surface area contributed by atoms with Gasteiger partial charge in [-0.2, -0.15) is 0 Å². The highest BCUT2D eigenvalue weighted by Gasteiger charge is 2.30. The average Bonchev–Trinajstić information content (AvgIpc) is 3.01. The molecule has 0 saturated carbocycles. The molecule has 2 N–H and O–H groups in total. The van der Waals surface area contributed by atoms with E-state index >= 15 is 0 Å². The zero-order valence-electron chi connectivity index (χ0n) is 13.2. The van der Waals surface area contributed by atoms with Gasteiger partial charge in [0.05, 0.1) is 0 Å². The Morgan fingerprint density at radius 3 is 2.67 bits per heavy atom. The predicted molar refractivity (Wildman–Crippen MR) is 89.3 cm³/mol. The molecule has 2 aromatic carbocycles. The van der Waals surface area contributed by atoms with Gasteiger partial charge in [0, 0.05) is 12.1 Å². The number of carbonyl (C=O) groups excluding carboxylic acids is 3. The lowest BCUT2D eigenvalue weighted by Gasteiger charge is -2.16. The summed E-state index contributed by atoms with van der Waals surface area (Å²) in [4.78, 5) is 35.2. The van der Waals surface area contributed by atoms with Crippen molar-refractivity contribution in [3.05, 3.63) is 42.5 Å². The van der Waals surface area contributed by atoms with E-state index < -0.39 is 24.0 Å². The second-order valence-electron chi connectivity index (χ2n) is 5.79. The van der Waals surface area contributed by atoms with Gasteiger partial charge >= 0.3 is 5.97 Å². The first kappa shape index (κ1) is 16.0. The Kier molecular flexibility index (Phi) is 4.46. The van der Waals surface area contributed by atoms with E-state index in [1.54, 1.807) is 6.07 Å². The number of ether oxygens (including phenoxy) is 1. The number of nitrogens with one attached hydrogen (secondary N) is 2. The number of anilines is 1. The molecule has 1 saturated heterocycles. The maximum Gasteiger partial charge on any atom is 0.329 e. The Morgan fingerprint density at radius 2 is 1.96 bits per heavy atom. The molecule has 2 amide bonds. The highest BCUT2D eigenvalue weighted by Crippen LogP contribution is 2.19. The third kappa shape index (κ3) is 3.53. The van der Waals surface area contributed by atoms with Crippen LogP contribution in [-0.4, -0.2) is 29.9 Å². The van der Waals surface area contributed by atoms with Crippen molar-refractivity contribution in [3.8, 4) is 0 Å². The molecule has 3 rings (SSSR count). The van der Waals surface area contributed by atoms with Gasteiger partial charge in [0.2, 0.25) is 5.91 Å². The number of amides is 2. The van der Waals surface area contributed by atoms with Crippen molar-refractivity contribution >= 4 is 34.2 Å². The van der Waals surface area contributed by atoms with Crippen molar-refractivity contribution in [1.82, 2.24) is 5.32 Å². The summed E-state index contributed by atoms with van der Waals surface area (Å²) in [6.45, 7) is 1.51. The highest BCUT2D eigenvalue weighted by atomic mass is 16.5. The molecule has 1 aliphatic heterocycles. The molecule has 1 aliphatic rings. The fraction of sp³-hybridized carbons (Fsp3) is 0.278. The molecule has 0 unspecified atom stereocenters. The maximum absolute atomic E-state index is 12.2. The van der Waals surface area contributed by atoms with Crippen LogP contribution >= 0.6 is 0 Å². The summed E-state index contributed by atoms with van der Waals surface area (Å²) < 4.78 is 5.14. The molecule has 0 aliphatic carbocycles. The predicted octanol–water partition coefficient (Wildman–Crippen LogP) is 1.99. The summed E-state index contributed by atoms with van der Waals surface area (Å²) in [5, 5.41) is 7.34. The van der Waals surface area contributed by atoms with Crippen LogP contribution in [0.2, 0.25) is 0 Å². The van der Waals surface area contributed by atoms with Gasteiger partial charge in [-0.25, -0.2) is 4.79 Å². The Bertz CT molecular complexity index is 802. The van der Waals surface area contributed by atoms with Crippen LogP contribution in [0, 0.1) is 0 Å². The molecule has 0 bridgehead atoms. The molecule has 24 heavy (non-hydrogen) atoms. The van der Waals surface area contributed by atoms with Crippen LogP contribution in [0.3, 0.4) is 0 Å². The standard InChI is InChI=1S/C18H18N2O4/c1-11(24-18(23)15-8-9-16(21)20-15)17(22)19-14-7-6-12-4-2-3-5-13(12)10-14/h2-7,10-11,15H,8-9H2,1H3,(H,19,22)(H,20,21)/t11-,15+/m1/s1. The number of rotatable bonds is 4. The summed E-state index contributed by atoms with van der Waals surface area (Å²) >= 11 is 0. The molecule has 2 atom stereocenters. The van der Waals surface area contributed by atoms with Gasteiger partial charge in [0.15, 0.2) is 6.10 Å². The molecule has 0 aromatic heterocycles. The second-order valence-corrected chi connectivity index (χ2v) is 5.79. The van der Waals surface area contributed by atoms with Gasteiger partial charge in [0.1, 0.15) is 6.04 Å². The van der Waals surface area contributed by atoms with E-state index in [1.165, 1.54) is 6.92 Å². The smallest absolute Gasteiger partial charge is 0.329 e. The first-order valence-electron chi connectivity index (χ1n) is 7.82. The molecule has 0 radical (unpaired) electrons. The largest absolute Gasteiger partial charge is 0.451 e. The molecule has 6 nitrogen and oxygen atoms in total. The topological polar surface area (TPSA) is 84.5 Å². The van der Waals surface area contributed by atoms with Gasteiger partial charge in [0.25, 0.3) is 5.91 Å². The second kappa shape index (κ2) is 6.70. The minimum atomic E-state index is -0.943. The molecule has 124 valence electrons. The van der Waals surface area contributed by atoms with Crippen LogP contribution in [0.5, 0.6) is 0 Å². The van der Waals surface area contributed by atoms with Crippen molar-refractivity contribution in [1.29, 1.82) is 0 Å². The summed E-state index contributed by atoms with van der Waals surface area (Å²) in [6, 6.07) is 12.7. The first-order valence-corrected chi connectivity index (χ1v) is 7.82. The van der Waals surface area contributed by atoms with Gasteiger partial charge < -0.3 is 15.4 Å². The van der Waals surface area contributed by atoms with E-state index in [4.69, 9.17) is 4.74 Å². The zero-order valence-corrected chi connectivity index (χ0v) is 13.2. The molecule has 1 heterocycles. The van der Waals surface area contributed by atoms with Crippen LogP contribution in [0.4, 0.5) is 5.69 Å². The molecule has 6 heteroatoms. The third-order valence-corrected chi connectivity index (χ3v) is 3.96. The monoisotopic (exact) mass is 326 g/mol. The van der Waals surface area contributed by atoms with Crippen LogP contribution < -0.4 is 10.6 Å². The average molecular weight is 326 g/mol. The van der Waals surface area contributed by atoms with Crippen LogP contribution in [0.15, 0.2) is 42.5 Å². The number of hydrogen-bond donors (Lipinski definition) is 2. The quantitative estimate of drug-likeness (QED) is 0.842. The Hall–Kier alpha value is -2.89. The lowest BCUT2D eigenvalue weighted by atomic mass is 10.1. The minimum absolute atomic E-state index is 0.176. The highest BCUT2D eigenvalue weighted by molar-refractivity contribution is 5.98. The first-order chi connectivity index (χ1) is 11.5. The Morgan fingerprint density at radius 1 is 1.21 bits per heavy atom. The van der Waals surface area contributed by atoms with E-state index in [2.05, 4.69) is 10.6 Å². The SMILES string of the molecule is C[C@@H](OC(=O)[C@@H]1CCC(=O)N1)C(=O)Nc1ccc2ccccc2c1. The van der Waals surface area contributed by atoms with Gasteiger partial charge in [-0.15, -0.1) is 0 Å². The Balaban J connectivity index is 1.60. The lowest BCUT2D eigenvalue weighted by Crippen LogP contribution is -2.39. The fourth-order valence-electron chi connectivity index (χ4n) is 2.61. The summed E-state index contributed by atoms with van der Waals surface area (Å²) in [5.41, 5.74) is 0.635. The maximum atomic E-state index is 12.2. The fourth-order valence-corrected chi connectivity index (χ4v) is 2.61. The third-order valence-electron chi connectivity index (χ3n) is 3.96. The van der Waals surface area contributed by atoms with Crippen molar-refractivity contribution < 1.29 is 19.1 Å². The normalized spacial score (nSPS) is 18.0. The Labute approximate surface area is 139 Å². The number of esters is 1. The molecule has 2 aromatic rings. The zero-order chi connectivity index (χ0) is 17.1. The van der Waals surface area contributed by atoms with Crippen molar-refractivity contribution in [2.45, 2.75) is 31.9 Å². The van der Waals surface area contributed by atoms with Crippen LogP contribution in [0.25, 0.3) is 10.8 Å². The lowest BCUT2D eigenvalue weighted by molar-refractivity contribution is -0.155. The van der Waals surface area contributed by atoms with Crippen molar-refractivity contribution in [3.63, 3.8) is 0 Å². The summed E-state index contributed by atoms with van der Waals surface area (Å²) in [5.74, 6) is -1.17. The van der Waals surface area contributed by atoms with Gasteiger partial charge in [-0.3, -0.25) is 9.59 Å². The molecular weight excluding hydrogens is 308 g/mol. The number of carbonyl (C=O) groups is 3. The van der Waals surface area contributed by atoms with E-state index in [0.29, 0.717) is 18.5 Å². The van der Waals surface area contributed by atoms with E-state index in [-0.39, 0.29) is 5.91 Å². The van der Waals surface area contributed by atoms with Crippen molar-refractivity contribution in [2.24, 2.45) is 0 Å². The van der Waals surface area contributed by atoms with Gasteiger partial charge in [-0.1, -0.05) is 30.3 Å². The van der Waals surface area contributed by atoms with E-state index in [1.807, 2.05) is 36.4 Å². The minimum Gasteiger partial charge on any atom is -0.451 e. The molecular formula is C18H18N2O4. The van der Waals surface area contributed by atoms with Gasteiger partial charge in [-0.05, 0) is 36.2 Å². The van der Waals surface area contributed by atoms with E-state index in [9.17, 15) is 14.4 Å². The molecule has 0 spiro atoms. The summed E-state index contributed by atoms with van der Waals surface area (Å²) in [6.07, 6.45) is -0.241. The van der Waals surface area contributed by atoms with E-state index in [0.717, 1.165) is 10.8 Å². The summed E-state index contributed by atoms with van der Waals surface area (Å²) in [7, 11) is 0. The van der Waals surface area contributed by atoms with Crippen LogP contribution in [0.1, 0.15) is 19.8 Å². The molecule has 1 fully saturated rings. The van der Waals surface area contributed by atoms with Crippen LogP contribution in [-0.2, 0) is 19.1 Å². The number of benzene rings is 2. The number of fused-ring (bicyclic) bond motifs is 1.